The number of carbonyl (C=O) groups excluding carboxylic acids is 1. The Hall–Kier alpha value is -0.910. The van der Waals surface area contributed by atoms with Crippen molar-refractivity contribution < 1.29 is 9.90 Å². The van der Waals surface area contributed by atoms with Gasteiger partial charge in [-0.25, -0.2) is 0 Å². The van der Waals surface area contributed by atoms with Gasteiger partial charge in [-0.05, 0) is 36.5 Å². The summed E-state index contributed by atoms with van der Waals surface area (Å²) < 4.78 is 1.12. The molecule has 1 aromatic carbocycles. The molecule has 1 aliphatic heterocycles. The quantitative estimate of drug-likeness (QED) is 0.768. The summed E-state index contributed by atoms with van der Waals surface area (Å²) in [5.74, 6) is -0.00521. The summed E-state index contributed by atoms with van der Waals surface area (Å²) in [7, 11) is 0. The smallest absolute Gasteiger partial charge is 0.237 e. The highest BCUT2D eigenvalue weighted by Gasteiger charge is 2.31. The van der Waals surface area contributed by atoms with E-state index in [1.807, 2.05) is 12.1 Å². The minimum absolute atomic E-state index is 0.00521. The molecule has 3 unspecified atom stereocenters. The SMILES string of the molecule is O=C(NC1CCc2c(Br)cccc21)C1CC(O)CN1. The van der Waals surface area contributed by atoms with Crippen molar-refractivity contribution in [1.82, 2.24) is 10.6 Å². The first-order valence-electron chi connectivity index (χ1n) is 6.64. The molecule has 3 rings (SSSR count). The topological polar surface area (TPSA) is 61.4 Å². The van der Waals surface area contributed by atoms with Crippen LogP contribution in [0.25, 0.3) is 0 Å². The van der Waals surface area contributed by atoms with Crippen molar-refractivity contribution in [3.8, 4) is 0 Å². The monoisotopic (exact) mass is 324 g/mol. The van der Waals surface area contributed by atoms with Crippen LogP contribution in [0.15, 0.2) is 22.7 Å². The van der Waals surface area contributed by atoms with Gasteiger partial charge in [0.2, 0.25) is 5.91 Å². The molecule has 0 bridgehead atoms. The lowest BCUT2D eigenvalue weighted by atomic mass is 10.1. The Morgan fingerprint density at radius 1 is 1.47 bits per heavy atom. The lowest BCUT2D eigenvalue weighted by Gasteiger charge is -2.17. The van der Waals surface area contributed by atoms with Gasteiger partial charge in [-0.3, -0.25) is 4.79 Å². The number of carbonyl (C=O) groups is 1. The standard InChI is InChI=1S/C14H17BrN2O2/c15-11-3-1-2-10-9(11)4-5-12(10)17-14(19)13-6-8(18)7-16-13/h1-3,8,12-13,16,18H,4-7H2,(H,17,19). The van der Waals surface area contributed by atoms with E-state index < -0.39 is 6.10 Å². The summed E-state index contributed by atoms with van der Waals surface area (Å²) in [6, 6.07) is 5.96. The summed E-state index contributed by atoms with van der Waals surface area (Å²) in [6.07, 6.45) is 2.03. The Morgan fingerprint density at radius 3 is 3.05 bits per heavy atom. The van der Waals surface area contributed by atoms with Gasteiger partial charge in [-0.1, -0.05) is 28.1 Å². The number of amides is 1. The Balaban J connectivity index is 1.70. The van der Waals surface area contributed by atoms with Crippen LogP contribution >= 0.6 is 15.9 Å². The third-order valence-electron chi connectivity index (χ3n) is 3.95. The molecule has 1 fully saturated rings. The predicted molar refractivity (Wildman–Crippen MR) is 75.8 cm³/mol. The maximum Gasteiger partial charge on any atom is 0.237 e. The second-order valence-corrected chi connectivity index (χ2v) is 6.11. The van der Waals surface area contributed by atoms with E-state index in [2.05, 4.69) is 32.6 Å². The zero-order valence-corrected chi connectivity index (χ0v) is 12.1. The summed E-state index contributed by atoms with van der Waals surface area (Å²) >= 11 is 3.56. The molecular weight excluding hydrogens is 308 g/mol. The molecule has 3 N–H and O–H groups in total. The number of aliphatic hydroxyl groups excluding tert-OH is 1. The molecule has 1 heterocycles. The lowest BCUT2D eigenvalue weighted by Crippen LogP contribution is -2.41. The first kappa shape index (κ1) is 13.1. The largest absolute Gasteiger partial charge is 0.392 e. The van der Waals surface area contributed by atoms with Crippen LogP contribution in [0.1, 0.15) is 30.0 Å². The molecule has 0 spiro atoms. The van der Waals surface area contributed by atoms with E-state index in [0.717, 1.165) is 17.3 Å². The first-order valence-corrected chi connectivity index (χ1v) is 7.43. The Kier molecular flexibility index (Phi) is 3.60. The third kappa shape index (κ3) is 2.55. The fourth-order valence-electron chi connectivity index (χ4n) is 2.95. The Bertz CT molecular complexity index is 506. The van der Waals surface area contributed by atoms with E-state index in [4.69, 9.17) is 0 Å². The summed E-state index contributed by atoms with van der Waals surface area (Å²) in [5, 5.41) is 15.6. The van der Waals surface area contributed by atoms with Crippen LogP contribution in [0.2, 0.25) is 0 Å². The van der Waals surface area contributed by atoms with E-state index in [1.54, 1.807) is 0 Å². The number of nitrogens with one attached hydrogen (secondary N) is 2. The van der Waals surface area contributed by atoms with E-state index in [0.29, 0.717) is 13.0 Å². The molecule has 2 aliphatic rings. The van der Waals surface area contributed by atoms with Gasteiger partial charge in [0.05, 0.1) is 18.2 Å². The van der Waals surface area contributed by atoms with Crippen molar-refractivity contribution >= 4 is 21.8 Å². The molecule has 1 amide bonds. The summed E-state index contributed by atoms with van der Waals surface area (Å²) in [5.41, 5.74) is 2.51. The van der Waals surface area contributed by atoms with Crippen LogP contribution in [0.5, 0.6) is 0 Å². The predicted octanol–water partition coefficient (Wildman–Crippen LogP) is 1.28. The second kappa shape index (κ2) is 5.23. The van der Waals surface area contributed by atoms with Crippen molar-refractivity contribution in [1.29, 1.82) is 0 Å². The maximum atomic E-state index is 12.1. The molecule has 102 valence electrons. The van der Waals surface area contributed by atoms with Crippen LogP contribution in [-0.4, -0.2) is 29.7 Å². The van der Waals surface area contributed by atoms with Gasteiger partial charge in [0.25, 0.3) is 0 Å². The molecule has 3 atom stereocenters. The molecule has 0 aromatic heterocycles. The maximum absolute atomic E-state index is 12.1. The van der Waals surface area contributed by atoms with E-state index in [-0.39, 0.29) is 18.0 Å². The minimum atomic E-state index is -0.402. The van der Waals surface area contributed by atoms with Gasteiger partial charge >= 0.3 is 0 Å². The van der Waals surface area contributed by atoms with Crippen LogP contribution in [0, 0.1) is 0 Å². The number of hydrogen-bond acceptors (Lipinski definition) is 3. The van der Waals surface area contributed by atoms with Gasteiger partial charge in [-0.15, -0.1) is 0 Å². The molecule has 1 aliphatic carbocycles. The number of benzene rings is 1. The van der Waals surface area contributed by atoms with Crippen LogP contribution < -0.4 is 10.6 Å². The number of β-amino-alcohol motifs (C(OH)–C–C–N with tert-alkyl or cyclic N) is 1. The molecular formula is C14H17BrN2O2. The Morgan fingerprint density at radius 2 is 2.32 bits per heavy atom. The first-order chi connectivity index (χ1) is 9.15. The molecule has 4 nitrogen and oxygen atoms in total. The minimum Gasteiger partial charge on any atom is -0.392 e. The zero-order valence-electron chi connectivity index (χ0n) is 10.5. The second-order valence-electron chi connectivity index (χ2n) is 5.26. The van der Waals surface area contributed by atoms with Crippen molar-refractivity contribution in [3.63, 3.8) is 0 Å². The van der Waals surface area contributed by atoms with Crippen molar-refractivity contribution in [2.24, 2.45) is 0 Å². The lowest BCUT2D eigenvalue weighted by molar-refractivity contribution is -0.123. The number of halogens is 1. The van der Waals surface area contributed by atoms with Crippen LogP contribution in [-0.2, 0) is 11.2 Å². The zero-order chi connectivity index (χ0) is 13.4. The highest BCUT2D eigenvalue weighted by molar-refractivity contribution is 9.10. The number of hydrogen-bond donors (Lipinski definition) is 3. The van der Waals surface area contributed by atoms with Crippen molar-refractivity contribution in [2.45, 2.75) is 37.5 Å². The fourth-order valence-corrected chi connectivity index (χ4v) is 3.53. The number of rotatable bonds is 2. The highest BCUT2D eigenvalue weighted by atomic mass is 79.9. The normalized spacial score (nSPS) is 29.3. The summed E-state index contributed by atoms with van der Waals surface area (Å²) in [4.78, 5) is 12.1. The molecule has 19 heavy (non-hydrogen) atoms. The van der Waals surface area contributed by atoms with Gasteiger partial charge in [0.1, 0.15) is 0 Å². The number of aliphatic hydroxyl groups is 1. The van der Waals surface area contributed by atoms with Gasteiger partial charge in [0, 0.05) is 11.0 Å². The van der Waals surface area contributed by atoms with Crippen LogP contribution in [0.3, 0.4) is 0 Å². The average Bonchev–Trinajstić information content (AvgIpc) is 2.98. The van der Waals surface area contributed by atoms with Crippen molar-refractivity contribution in [3.05, 3.63) is 33.8 Å². The molecule has 0 radical (unpaired) electrons. The van der Waals surface area contributed by atoms with Crippen LogP contribution in [0.4, 0.5) is 0 Å². The molecule has 1 aromatic rings. The summed E-state index contributed by atoms with van der Waals surface area (Å²) in [6.45, 7) is 0.505. The molecule has 0 saturated carbocycles. The average molecular weight is 325 g/mol. The van der Waals surface area contributed by atoms with Gasteiger partial charge in [0.15, 0.2) is 0 Å². The van der Waals surface area contributed by atoms with E-state index in [9.17, 15) is 9.90 Å². The van der Waals surface area contributed by atoms with Gasteiger partial charge < -0.3 is 15.7 Å². The van der Waals surface area contributed by atoms with Crippen molar-refractivity contribution in [2.75, 3.05) is 6.54 Å². The van der Waals surface area contributed by atoms with Gasteiger partial charge in [-0.2, -0.15) is 0 Å². The van der Waals surface area contributed by atoms with E-state index >= 15 is 0 Å². The molecule has 5 heteroatoms. The van der Waals surface area contributed by atoms with E-state index in [1.165, 1.54) is 11.1 Å². The molecule has 1 saturated heterocycles. The highest BCUT2D eigenvalue weighted by Crippen LogP contribution is 2.35. The Labute approximate surface area is 120 Å². The third-order valence-corrected chi connectivity index (χ3v) is 4.70. The fraction of sp³-hybridized carbons (Fsp3) is 0.500. The number of fused-ring (bicyclic) bond motifs is 1.